The smallest absolute Gasteiger partial charge is 0.187 e. The van der Waals surface area contributed by atoms with Crippen LogP contribution in [0.4, 0.5) is 0 Å². The molecule has 15 heteroatoms. The quantitative estimate of drug-likeness (QED) is 0.172. The van der Waals surface area contributed by atoms with Crippen molar-refractivity contribution in [3.63, 3.8) is 0 Å². The van der Waals surface area contributed by atoms with Crippen molar-refractivity contribution in [1.29, 1.82) is 0 Å². The Balaban J connectivity index is 1.67. The summed E-state index contributed by atoms with van der Waals surface area (Å²) in [6, 6.07) is 0. The van der Waals surface area contributed by atoms with Crippen molar-refractivity contribution in [2.45, 2.75) is 86.0 Å². The summed E-state index contributed by atoms with van der Waals surface area (Å²) in [5.74, 6) is 0. The van der Waals surface area contributed by atoms with Gasteiger partial charge in [-0.25, -0.2) is 0 Å². The molecular weight excluding hydrogens is 444 g/mol. The van der Waals surface area contributed by atoms with Crippen molar-refractivity contribution in [3.8, 4) is 0 Å². The molecule has 15 nitrogen and oxygen atoms in total. The molecule has 0 bridgehead atoms. The molecule has 0 amide bonds. The van der Waals surface area contributed by atoms with Crippen LogP contribution in [0.3, 0.4) is 0 Å². The Morgan fingerprint density at radius 3 is 1.78 bits per heavy atom. The number of hydrogen-bond donors (Lipinski definition) is 10. The van der Waals surface area contributed by atoms with E-state index < -0.39 is 99.2 Å². The zero-order valence-electron chi connectivity index (χ0n) is 16.7. The molecule has 10 N–H and O–H groups in total. The molecule has 3 aliphatic heterocycles. The van der Waals surface area contributed by atoms with Crippen molar-refractivity contribution in [2.75, 3.05) is 19.8 Å². The fourth-order valence-corrected chi connectivity index (χ4v) is 3.74. The summed E-state index contributed by atoms with van der Waals surface area (Å²) in [5.41, 5.74) is 0. The SMILES string of the molecule is OC[C@H]1O[C@@H](O[C@H]2[C@H](O)[C@@H](O)[C@H](O[C@H]3CO[C@@H](O)[C@H](O)[C@H]3O)O[C@@H]2CO)[C@H](O)[C@@H](O)[C@@H]1O. The third-order valence-corrected chi connectivity index (χ3v) is 5.72. The molecule has 0 aliphatic carbocycles. The summed E-state index contributed by atoms with van der Waals surface area (Å²) in [6.07, 6.45) is -22.5. The Labute approximate surface area is 181 Å². The van der Waals surface area contributed by atoms with Gasteiger partial charge in [0, 0.05) is 0 Å². The summed E-state index contributed by atoms with van der Waals surface area (Å²) in [6.45, 7) is -1.86. The molecular formula is C17H30O15. The predicted molar refractivity (Wildman–Crippen MR) is 95.2 cm³/mol. The number of ether oxygens (including phenoxy) is 5. The lowest BCUT2D eigenvalue weighted by atomic mass is 9.97. The van der Waals surface area contributed by atoms with Gasteiger partial charge in [-0.15, -0.1) is 0 Å². The van der Waals surface area contributed by atoms with E-state index in [4.69, 9.17) is 23.7 Å². The Hall–Kier alpha value is -0.600. The van der Waals surface area contributed by atoms with Crippen molar-refractivity contribution < 1.29 is 74.7 Å². The summed E-state index contributed by atoms with van der Waals surface area (Å²) in [5, 5.41) is 98.8. The van der Waals surface area contributed by atoms with Gasteiger partial charge in [-0.3, -0.25) is 0 Å². The summed E-state index contributed by atoms with van der Waals surface area (Å²) in [4.78, 5) is 0. The van der Waals surface area contributed by atoms with Crippen LogP contribution in [0.2, 0.25) is 0 Å². The number of aliphatic hydroxyl groups excluding tert-OH is 10. The highest BCUT2D eigenvalue weighted by Crippen LogP contribution is 2.30. The van der Waals surface area contributed by atoms with Crippen LogP contribution in [0.1, 0.15) is 0 Å². The van der Waals surface area contributed by atoms with E-state index >= 15 is 0 Å². The maximum Gasteiger partial charge on any atom is 0.187 e. The summed E-state index contributed by atoms with van der Waals surface area (Å²) in [7, 11) is 0. The normalized spacial score (nSPS) is 52.7. The monoisotopic (exact) mass is 474 g/mol. The standard InChI is InChI=1S/C17H30O15/c18-1-4-7(20)9(22)12(25)17(29-4)32-14-5(2-19)30-16(13(26)10(14)23)31-6-3-28-15(27)11(24)8(6)21/h4-27H,1-3H2/t4-,5-,6+,7-,8+,9+,10-,11-,12-,13-,14-,15-,16+,17+/m1/s1. The number of hydrogen-bond acceptors (Lipinski definition) is 15. The summed E-state index contributed by atoms with van der Waals surface area (Å²) < 4.78 is 26.2. The first-order valence-electron chi connectivity index (χ1n) is 10.00. The van der Waals surface area contributed by atoms with Gasteiger partial charge >= 0.3 is 0 Å². The second-order valence-corrected chi connectivity index (χ2v) is 7.88. The van der Waals surface area contributed by atoms with Gasteiger partial charge in [0.1, 0.15) is 67.1 Å². The Morgan fingerprint density at radius 2 is 1.16 bits per heavy atom. The molecule has 0 aromatic heterocycles. The molecule has 0 saturated carbocycles. The fraction of sp³-hybridized carbons (Fsp3) is 1.00. The molecule has 32 heavy (non-hydrogen) atoms. The molecule has 3 rings (SSSR count). The average molecular weight is 474 g/mol. The Kier molecular flexibility index (Phi) is 8.75. The second-order valence-electron chi connectivity index (χ2n) is 7.88. The van der Waals surface area contributed by atoms with E-state index in [1.165, 1.54) is 0 Å². The van der Waals surface area contributed by atoms with E-state index in [1.807, 2.05) is 0 Å². The van der Waals surface area contributed by atoms with Gasteiger partial charge < -0.3 is 74.7 Å². The Bertz CT molecular complexity index is 592. The largest absolute Gasteiger partial charge is 0.394 e. The minimum absolute atomic E-state index is 0.378. The van der Waals surface area contributed by atoms with Crippen molar-refractivity contribution >= 4 is 0 Å². The van der Waals surface area contributed by atoms with Gasteiger partial charge in [0.15, 0.2) is 18.9 Å². The first-order chi connectivity index (χ1) is 15.1. The minimum atomic E-state index is -1.82. The lowest BCUT2D eigenvalue weighted by Gasteiger charge is -2.47. The van der Waals surface area contributed by atoms with Crippen molar-refractivity contribution in [3.05, 3.63) is 0 Å². The van der Waals surface area contributed by atoms with E-state index in [1.54, 1.807) is 0 Å². The molecule has 0 aromatic rings. The second kappa shape index (κ2) is 10.8. The maximum atomic E-state index is 10.5. The molecule has 188 valence electrons. The highest BCUT2D eigenvalue weighted by molar-refractivity contribution is 4.95. The molecule has 3 aliphatic rings. The molecule has 0 unspecified atom stereocenters. The third kappa shape index (κ3) is 5.07. The minimum Gasteiger partial charge on any atom is -0.394 e. The average Bonchev–Trinajstić information content (AvgIpc) is 2.78. The van der Waals surface area contributed by atoms with Crippen LogP contribution < -0.4 is 0 Å². The van der Waals surface area contributed by atoms with E-state index in [2.05, 4.69) is 0 Å². The van der Waals surface area contributed by atoms with Gasteiger partial charge in [-0.2, -0.15) is 0 Å². The molecule has 0 aromatic carbocycles. The first-order valence-corrected chi connectivity index (χ1v) is 10.00. The van der Waals surface area contributed by atoms with Crippen LogP contribution in [-0.2, 0) is 23.7 Å². The topological polar surface area (TPSA) is 248 Å². The van der Waals surface area contributed by atoms with Crippen LogP contribution >= 0.6 is 0 Å². The van der Waals surface area contributed by atoms with E-state index in [0.717, 1.165) is 0 Å². The van der Waals surface area contributed by atoms with E-state index in [0.29, 0.717) is 0 Å². The van der Waals surface area contributed by atoms with Crippen LogP contribution in [0.15, 0.2) is 0 Å². The van der Waals surface area contributed by atoms with Gasteiger partial charge in [0.25, 0.3) is 0 Å². The maximum absolute atomic E-state index is 10.5. The fourth-order valence-electron chi connectivity index (χ4n) is 3.74. The zero-order chi connectivity index (χ0) is 23.7. The first kappa shape index (κ1) is 26.0. The van der Waals surface area contributed by atoms with Crippen molar-refractivity contribution in [1.82, 2.24) is 0 Å². The highest BCUT2D eigenvalue weighted by atomic mass is 16.7. The Morgan fingerprint density at radius 1 is 0.594 bits per heavy atom. The summed E-state index contributed by atoms with van der Waals surface area (Å²) >= 11 is 0. The molecule has 14 atom stereocenters. The van der Waals surface area contributed by atoms with Gasteiger partial charge in [-0.05, 0) is 0 Å². The predicted octanol–water partition coefficient (Wildman–Crippen LogP) is -6.93. The van der Waals surface area contributed by atoms with Crippen LogP contribution in [0, 0.1) is 0 Å². The lowest BCUT2D eigenvalue weighted by Crippen LogP contribution is -2.65. The van der Waals surface area contributed by atoms with Gasteiger partial charge in [0.05, 0.1) is 19.8 Å². The number of rotatable bonds is 6. The molecule has 3 saturated heterocycles. The van der Waals surface area contributed by atoms with Crippen LogP contribution in [-0.4, -0.2) is 157 Å². The van der Waals surface area contributed by atoms with Gasteiger partial charge in [0.2, 0.25) is 0 Å². The van der Waals surface area contributed by atoms with E-state index in [-0.39, 0.29) is 6.61 Å². The molecule has 3 fully saturated rings. The van der Waals surface area contributed by atoms with Crippen molar-refractivity contribution in [2.24, 2.45) is 0 Å². The third-order valence-electron chi connectivity index (χ3n) is 5.72. The van der Waals surface area contributed by atoms with E-state index in [9.17, 15) is 51.1 Å². The molecule has 0 radical (unpaired) electrons. The molecule has 0 spiro atoms. The lowest BCUT2D eigenvalue weighted by molar-refractivity contribution is -0.371. The van der Waals surface area contributed by atoms with Gasteiger partial charge in [-0.1, -0.05) is 0 Å². The van der Waals surface area contributed by atoms with Crippen LogP contribution in [0.5, 0.6) is 0 Å². The zero-order valence-corrected chi connectivity index (χ0v) is 16.7. The molecule has 3 heterocycles. The van der Waals surface area contributed by atoms with Crippen LogP contribution in [0.25, 0.3) is 0 Å². The highest BCUT2D eigenvalue weighted by Gasteiger charge is 2.52. The number of aliphatic hydroxyl groups is 10.